The predicted molar refractivity (Wildman–Crippen MR) is 136 cm³/mol. The smallest absolute Gasteiger partial charge is 0.459 e. The van der Waals surface area contributed by atoms with Gasteiger partial charge in [0.05, 0.1) is 0 Å². The van der Waals surface area contributed by atoms with Crippen LogP contribution in [0.15, 0.2) is 47.4 Å². The predicted octanol–water partition coefficient (Wildman–Crippen LogP) is 3.02. The minimum Gasteiger partial charge on any atom is -0.461 e. The van der Waals surface area contributed by atoms with Crippen LogP contribution in [0.3, 0.4) is 0 Å². The molecule has 3 rings (SSSR count). The fourth-order valence-electron chi connectivity index (χ4n) is 3.86. The number of anilines is 1. The van der Waals surface area contributed by atoms with Crippen LogP contribution in [0.2, 0.25) is 0 Å². The first-order chi connectivity index (χ1) is 18.2. The lowest BCUT2D eigenvalue weighted by molar-refractivity contribution is -0.204. The molecule has 0 saturated carbocycles. The number of ether oxygens (including phenoxy) is 2. The highest BCUT2D eigenvalue weighted by Crippen LogP contribution is 2.51. The number of halogens is 2. The fourth-order valence-corrected chi connectivity index (χ4v) is 5.37. The Labute approximate surface area is 224 Å². The second-order valence-corrected chi connectivity index (χ2v) is 10.9. The van der Waals surface area contributed by atoms with Gasteiger partial charge in [-0.2, -0.15) is 10.1 Å². The Morgan fingerprint density at radius 3 is 2.51 bits per heavy atom. The summed E-state index contributed by atoms with van der Waals surface area (Å²) in [6.45, 7) is 4.52. The number of benzene rings is 1. The van der Waals surface area contributed by atoms with E-state index < -0.39 is 55.9 Å². The van der Waals surface area contributed by atoms with E-state index in [1.54, 1.807) is 18.2 Å². The molecule has 6 atom stereocenters. The molecule has 12 nitrogen and oxygen atoms in total. The third-order valence-corrected chi connectivity index (χ3v) is 7.76. The summed E-state index contributed by atoms with van der Waals surface area (Å²) in [6.07, 6.45) is -2.71. The van der Waals surface area contributed by atoms with Gasteiger partial charge in [-0.05, 0) is 44.9 Å². The van der Waals surface area contributed by atoms with Gasteiger partial charge in [0.25, 0.3) is 5.85 Å². The van der Waals surface area contributed by atoms with Gasteiger partial charge in [-0.25, -0.2) is 18.1 Å². The zero-order chi connectivity index (χ0) is 29.0. The van der Waals surface area contributed by atoms with Gasteiger partial charge in [0.2, 0.25) is 0 Å². The molecule has 39 heavy (non-hydrogen) atoms. The summed E-state index contributed by atoms with van der Waals surface area (Å²) in [4.78, 5) is 28.2. The zero-order valence-corrected chi connectivity index (χ0v) is 22.8. The molecular formula is C24H33F2N4O8P. The summed E-state index contributed by atoms with van der Waals surface area (Å²) in [5, 5.41) is 12.9. The standard InChI is InChI=1S/C24H33F2N4O8P/c1-5-16(6-2)36-19(31)15(3)29-39(34,38-17-10-8-7-9-11-17)35-14-24(26)20(32)23(4,25)21(37-24)30-13-12-18(27)28-22(30)33/h7-13,15-16,20-21,32H,5-6,14H2,1-4H3,(H,29,34)(H2,27,28,33)/t15-,20-,21+,23+,24+,39?/m0/s1. The molecule has 216 valence electrons. The van der Waals surface area contributed by atoms with Gasteiger partial charge in [0, 0.05) is 6.20 Å². The molecule has 1 fully saturated rings. The fraction of sp³-hybridized carbons (Fsp3) is 0.542. The minimum absolute atomic E-state index is 0.0439. The zero-order valence-electron chi connectivity index (χ0n) is 22.0. The highest BCUT2D eigenvalue weighted by Gasteiger charge is 2.65. The average Bonchev–Trinajstić information content (AvgIpc) is 3.06. The molecule has 2 heterocycles. The third kappa shape index (κ3) is 7.00. The Hall–Kier alpha value is -2.90. The molecule has 0 aliphatic carbocycles. The van der Waals surface area contributed by atoms with Crippen LogP contribution in [0.5, 0.6) is 5.75 Å². The SMILES string of the molecule is CCC(CC)OC(=O)[C@H](C)NP(=O)(OC[C@@]1(F)O[C@@H](n2ccc(N)nc2=O)[C@](C)(F)[C@@H]1O)Oc1ccccc1. The summed E-state index contributed by atoms with van der Waals surface area (Å²) in [5.74, 6) is -4.18. The second-order valence-electron chi connectivity index (χ2n) is 9.25. The number of esters is 1. The van der Waals surface area contributed by atoms with E-state index in [9.17, 15) is 19.3 Å². The summed E-state index contributed by atoms with van der Waals surface area (Å²) >= 11 is 0. The van der Waals surface area contributed by atoms with Gasteiger partial charge in [0.15, 0.2) is 18.0 Å². The summed E-state index contributed by atoms with van der Waals surface area (Å²) in [6, 6.07) is 7.61. The molecule has 1 saturated heterocycles. The average molecular weight is 575 g/mol. The largest absolute Gasteiger partial charge is 0.461 e. The first kappa shape index (κ1) is 30.6. The van der Waals surface area contributed by atoms with Crippen LogP contribution in [-0.2, 0) is 23.4 Å². The Morgan fingerprint density at radius 1 is 1.28 bits per heavy atom. The van der Waals surface area contributed by atoms with E-state index in [0.717, 1.165) is 19.2 Å². The maximum Gasteiger partial charge on any atom is 0.459 e. The Bertz CT molecular complexity index is 1250. The van der Waals surface area contributed by atoms with E-state index in [4.69, 9.17) is 24.3 Å². The van der Waals surface area contributed by atoms with Crippen molar-refractivity contribution in [3.8, 4) is 5.75 Å². The number of aliphatic hydroxyl groups excluding tert-OH is 1. The van der Waals surface area contributed by atoms with E-state index in [0.29, 0.717) is 17.4 Å². The maximum absolute atomic E-state index is 15.9. The first-order valence-corrected chi connectivity index (χ1v) is 13.8. The Balaban J connectivity index is 1.84. The van der Waals surface area contributed by atoms with Gasteiger partial charge >= 0.3 is 19.4 Å². The number of hydrogen-bond acceptors (Lipinski definition) is 10. The van der Waals surface area contributed by atoms with Crippen molar-refractivity contribution in [2.45, 2.75) is 76.5 Å². The van der Waals surface area contributed by atoms with Crippen molar-refractivity contribution in [3.63, 3.8) is 0 Å². The summed E-state index contributed by atoms with van der Waals surface area (Å²) in [7, 11) is -4.58. The van der Waals surface area contributed by atoms with E-state index in [2.05, 4.69) is 10.1 Å². The van der Waals surface area contributed by atoms with E-state index in [1.807, 2.05) is 13.8 Å². The van der Waals surface area contributed by atoms with Crippen molar-refractivity contribution in [1.82, 2.24) is 14.6 Å². The van der Waals surface area contributed by atoms with Crippen LogP contribution in [0.1, 0.15) is 46.8 Å². The third-order valence-electron chi connectivity index (χ3n) is 6.14. The number of alkyl halides is 2. The number of nitrogens with one attached hydrogen (secondary N) is 1. The number of carbonyl (C=O) groups is 1. The Morgan fingerprint density at radius 2 is 1.92 bits per heavy atom. The van der Waals surface area contributed by atoms with E-state index in [1.165, 1.54) is 19.1 Å². The maximum atomic E-state index is 15.9. The summed E-state index contributed by atoms with van der Waals surface area (Å²) in [5.41, 5.74) is 1.54. The molecule has 0 amide bonds. The molecule has 1 aliphatic rings. The number of carbonyl (C=O) groups excluding carboxylic acids is 1. The molecule has 2 aromatic rings. The van der Waals surface area contributed by atoms with Crippen molar-refractivity contribution in [1.29, 1.82) is 0 Å². The molecule has 0 bridgehead atoms. The van der Waals surface area contributed by atoms with Crippen LogP contribution >= 0.6 is 7.75 Å². The number of nitrogens with zero attached hydrogens (tertiary/aromatic N) is 2. The van der Waals surface area contributed by atoms with Gasteiger partial charge in [-0.3, -0.25) is 13.9 Å². The molecular weight excluding hydrogens is 541 g/mol. The molecule has 15 heteroatoms. The number of aliphatic hydroxyl groups is 1. The van der Waals surface area contributed by atoms with Gasteiger partial charge in [0.1, 0.15) is 30.3 Å². The quantitative estimate of drug-likeness (QED) is 0.252. The van der Waals surface area contributed by atoms with Crippen molar-refractivity contribution in [2.24, 2.45) is 0 Å². The van der Waals surface area contributed by atoms with Crippen molar-refractivity contribution in [3.05, 3.63) is 53.1 Å². The number of aromatic nitrogens is 2. The van der Waals surface area contributed by atoms with Crippen LogP contribution in [0.25, 0.3) is 0 Å². The van der Waals surface area contributed by atoms with Crippen molar-refractivity contribution >= 4 is 19.5 Å². The van der Waals surface area contributed by atoms with Crippen LogP contribution in [0, 0.1) is 0 Å². The number of hydrogen-bond donors (Lipinski definition) is 3. The molecule has 1 aromatic heterocycles. The number of nitrogens with two attached hydrogens (primary N) is 1. The number of nitrogen functional groups attached to an aromatic ring is 1. The Kier molecular flexibility index (Phi) is 9.50. The van der Waals surface area contributed by atoms with Crippen LogP contribution in [0.4, 0.5) is 14.6 Å². The minimum atomic E-state index is -4.58. The van der Waals surface area contributed by atoms with Gasteiger partial charge in [-0.15, -0.1) is 0 Å². The normalized spacial score (nSPS) is 27.2. The lowest BCUT2D eigenvalue weighted by Crippen LogP contribution is -2.47. The monoisotopic (exact) mass is 574 g/mol. The summed E-state index contributed by atoms with van der Waals surface area (Å²) < 4.78 is 66.9. The van der Waals surface area contributed by atoms with Crippen LogP contribution in [-0.4, -0.2) is 57.0 Å². The molecule has 0 spiro atoms. The number of rotatable bonds is 12. The van der Waals surface area contributed by atoms with Gasteiger partial charge in [-0.1, -0.05) is 32.0 Å². The van der Waals surface area contributed by atoms with E-state index in [-0.39, 0.29) is 17.7 Å². The topological polar surface area (TPSA) is 164 Å². The lowest BCUT2D eigenvalue weighted by atomic mass is 9.97. The van der Waals surface area contributed by atoms with Crippen molar-refractivity contribution in [2.75, 3.05) is 12.3 Å². The van der Waals surface area contributed by atoms with E-state index >= 15 is 8.78 Å². The highest BCUT2D eigenvalue weighted by molar-refractivity contribution is 7.52. The molecule has 0 radical (unpaired) electrons. The lowest BCUT2D eigenvalue weighted by Gasteiger charge is -2.28. The highest BCUT2D eigenvalue weighted by atomic mass is 31.2. The molecule has 1 aliphatic heterocycles. The molecule has 4 N–H and O–H groups in total. The first-order valence-electron chi connectivity index (χ1n) is 12.3. The van der Waals surface area contributed by atoms with Crippen LogP contribution < -0.4 is 21.0 Å². The van der Waals surface area contributed by atoms with Crippen molar-refractivity contribution < 1.29 is 41.8 Å². The second kappa shape index (κ2) is 12.1. The molecule has 1 aromatic carbocycles. The van der Waals surface area contributed by atoms with Gasteiger partial charge < -0.3 is 24.8 Å². The molecule has 1 unspecified atom stereocenters. The number of para-hydroxylation sites is 1.